The Morgan fingerprint density at radius 3 is 0.400 bits per heavy atom. The van der Waals surface area contributed by atoms with Crippen molar-refractivity contribution in [3.8, 4) is 142 Å². The van der Waals surface area contributed by atoms with Gasteiger partial charge in [0.1, 0.15) is 0 Å². The molecular formula is C30H18. The minimum absolute atomic E-state index is 1.71. The second-order valence-corrected chi connectivity index (χ2v) is 3.75. The Hall–Kier alpha value is -5.28. The standard InChI is InChI=1S/C14H6.C10H6.C6H6/c1-3-5-7-9-11-13-14-12-10-8-6-4-2;1-3-5-7-9-10-8-6-4-2;1-3-5-6-4-2/h1-2H3;1-2H3;1-2H3. The van der Waals surface area contributed by atoms with Gasteiger partial charge in [0.05, 0.1) is 0 Å². The Bertz CT molecular complexity index is 1180. The van der Waals surface area contributed by atoms with Crippen molar-refractivity contribution in [2.75, 3.05) is 0 Å². The van der Waals surface area contributed by atoms with Crippen LogP contribution in [0.1, 0.15) is 41.5 Å². The highest BCUT2D eigenvalue weighted by molar-refractivity contribution is 5.44. The largest absolute Gasteiger partial charge is 0.0925 e. The lowest BCUT2D eigenvalue weighted by atomic mass is 10.5. The molecule has 0 spiro atoms. The maximum atomic E-state index is 2.64. The van der Waals surface area contributed by atoms with E-state index in [2.05, 4.69) is 142 Å². The van der Waals surface area contributed by atoms with Crippen LogP contribution in [-0.4, -0.2) is 0 Å². The lowest BCUT2D eigenvalue weighted by Gasteiger charge is -1.55. The van der Waals surface area contributed by atoms with Gasteiger partial charge in [0.25, 0.3) is 0 Å². The summed E-state index contributed by atoms with van der Waals surface area (Å²) in [6.45, 7) is 10.4. The van der Waals surface area contributed by atoms with Crippen LogP contribution >= 0.6 is 0 Å². The predicted octanol–water partition coefficient (Wildman–Crippen LogP) is 3.12. The van der Waals surface area contributed by atoms with E-state index in [9.17, 15) is 0 Å². The molecule has 0 aromatic heterocycles. The van der Waals surface area contributed by atoms with Crippen molar-refractivity contribution in [1.29, 1.82) is 0 Å². The van der Waals surface area contributed by atoms with Crippen molar-refractivity contribution < 1.29 is 0 Å². The minimum atomic E-state index is 1.71. The minimum Gasteiger partial charge on any atom is -0.0925 e. The molecule has 0 rings (SSSR count). The molecule has 0 aliphatic rings. The van der Waals surface area contributed by atoms with Gasteiger partial charge in [-0.05, 0) is 148 Å². The maximum Gasteiger partial charge on any atom is -0.00000000396 e. The Morgan fingerprint density at radius 2 is 0.267 bits per heavy atom. The molecule has 0 unspecified atom stereocenters. The van der Waals surface area contributed by atoms with Crippen molar-refractivity contribution >= 4 is 0 Å². The van der Waals surface area contributed by atoms with Crippen LogP contribution < -0.4 is 0 Å². The lowest BCUT2D eigenvalue weighted by Crippen LogP contribution is -1.54. The smallest absolute Gasteiger partial charge is 0.00000000396 e. The molecule has 0 aliphatic heterocycles. The zero-order valence-electron chi connectivity index (χ0n) is 18.0. The van der Waals surface area contributed by atoms with Gasteiger partial charge in [0.2, 0.25) is 0 Å². The summed E-state index contributed by atoms with van der Waals surface area (Å²) in [6, 6.07) is 0. The van der Waals surface area contributed by atoms with Crippen molar-refractivity contribution in [2.24, 2.45) is 0 Å². The predicted molar refractivity (Wildman–Crippen MR) is 127 cm³/mol. The summed E-state index contributed by atoms with van der Waals surface area (Å²) >= 11 is 0. The summed E-state index contributed by atoms with van der Waals surface area (Å²) in [5.41, 5.74) is 0. The summed E-state index contributed by atoms with van der Waals surface area (Å²) in [4.78, 5) is 0. The number of rotatable bonds is 0. The molecule has 0 nitrogen and oxygen atoms in total. The summed E-state index contributed by atoms with van der Waals surface area (Å²) in [7, 11) is 0. The van der Waals surface area contributed by atoms with Crippen LogP contribution in [0, 0.1) is 142 Å². The van der Waals surface area contributed by atoms with Crippen LogP contribution in [0.2, 0.25) is 0 Å². The first-order valence-corrected chi connectivity index (χ1v) is 8.25. The van der Waals surface area contributed by atoms with Gasteiger partial charge in [0.15, 0.2) is 0 Å². The van der Waals surface area contributed by atoms with Gasteiger partial charge >= 0.3 is 0 Å². The third-order valence-electron chi connectivity index (χ3n) is 1.69. The molecule has 0 fully saturated rings. The van der Waals surface area contributed by atoms with E-state index in [1.165, 1.54) is 0 Å². The molecule has 0 aliphatic carbocycles. The average Bonchev–Trinajstić information content (AvgIpc) is 2.77. The van der Waals surface area contributed by atoms with Gasteiger partial charge in [-0.25, -0.2) is 0 Å². The van der Waals surface area contributed by atoms with Crippen LogP contribution in [-0.2, 0) is 0 Å². The molecule has 0 N–H and O–H groups in total. The molecule has 0 amide bonds. The van der Waals surface area contributed by atoms with Crippen LogP contribution in [0.25, 0.3) is 0 Å². The third-order valence-corrected chi connectivity index (χ3v) is 1.69. The molecule has 0 aromatic carbocycles. The first-order valence-electron chi connectivity index (χ1n) is 8.25. The molecule has 0 heteroatoms. The van der Waals surface area contributed by atoms with Crippen LogP contribution in [0.4, 0.5) is 0 Å². The van der Waals surface area contributed by atoms with Gasteiger partial charge < -0.3 is 0 Å². The zero-order valence-corrected chi connectivity index (χ0v) is 18.0. The van der Waals surface area contributed by atoms with Gasteiger partial charge in [0, 0.05) is 0 Å². The second kappa shape index (κ2) is 34.9. The second-order valence-electron chi connectivity index (χ2n) is 3.75. The topological polar surface area (TPSA) is 0 Å². The molecule has 0 radical (unpaired) electrons. The zero-order chi connectivity index (χ0) is 23.0. The summed E-state index contributed by atoms with van der Waals surface area (Å²) in [5, 5.41) is 0. The quantitative estimate of drug-likeness (QED) is 0.568. The van der Waals surface area contributed by atoms with E-state index in [-0.39, 0.29) is 0 Å². The third kappa shape index (κ3) is 43.4. The highest BCUT2D eigenvalue weighted by Crippen LogP contribution is 1.57. The Kier molecular flexibility index (Phi) is 34.3. The highest BCUT2D eigenvalue weighted by Gasteiger charge is 1.55. The SMILES string of the molecule is CC#CC#CC.CC#CC#CC#CC#CC.CC#CC#CC#CC#CC#CC#CC. The molecular weight excluding hydrogens is 360 g/mol. The number of hydrogen-bond acceptors (Lipinski definition) is 0. The summed E-state index contributed by atoms with van der Waals surface area (Å²) < 4.78 is 0. The number of hydrogen-bond donors (Lipinski definition) is 0. The Labute approximate surface area is 183 Å². The Morgan fingerprint density at radius 1 is 0.167 bits per heavy atom. The van der Waals surface area contributed by atoms with Gasteiger partial charge in [-0.3, -0.25) is 0 Å². The van der Waals surface area contributed by atoms with E-state index in [1.54, 1.807) is 41.5 Å². The fraction of sp³-hybridized carbons (Fsp3) is 0.200. The van der Waals surface area contributed by atoms with Gasteiger partial charge in [-0.1, -0.05) is 35.5 Å². The monoisotopic (exact) mass is 378 g/mol. The molecule has 0 saturated carbocycles. The molecule has 0 saturated heterocycles. The average molecular weight is 378 g/mol. The Balaban J connectivity index is -0.000000397. The van der Waals surface area contributed by atoms with E-state index in [4.69, 9.17) is 0 Å². The van der Waals surface area contributed by atoms with Crippen molar-refractivity contribution in [3.05, 3.63) is 0 Å². The van der Waals surface area contributed by atoms with Crippen molar-refractivity contribution in [3.63, 3.8) is 0 Å². The van der Waals surface area contributed by atoms with Crippen molar-refractivity contribution in [1.82, 2.24) is 0 Å². The molecule has 0 bridgehead atoms. The van der Waals surface area contributed by atoms with E-state index in [0.29, 0.717) is 0 Å². The van der Waals surface area contributed by atoms with E-state index >= 15 is 0 Å². The summed E-state index contributed by atoms with van der Waals surface area (Å²) in [5.74, 6) is 61.6. The first-order chi connectivity index (χ1) is 14.7. The van der Waals surface area contributed by atoms with Gasteiger partial charge in [-0.15, -0.1) is 0 Å². The fourth-order valence-electron chi connectivity index (χ4n) is 0.750. The molecule has 0 atom stereocenters. The summed E-state index contributed by atoms with van der Waals surface area (Å²) in [6.07, 6.45) is 0. The maximum absolute atomic E-state index is 2.64. The van der Waals surface area contributed by atoms with E-state index in [0.717, 1.165) is 0 Å². The van der Waals surface area contributed by atoms with E-state index < -0.39 is 0 Å². The van der Waals surface area contributed by atoms with Crippen LogP contribution in [0.15, 0.2) is 0 Å². The van der Waals surface area contributed by atoms with E-state index in [1.807, 2.05) is 0 Å². The lowest BCUT2D eigenvalue weighted by molar-refractivity contribution is 1.90. The normalized spacial score (nSPS) is 3.80. The fourth-order valence-corrected chi connectivity index (χ4v) is 0.750. The molecule has 30 heavy (non-hydrogen) atoms. The van der Waals surface area contributed by atoms with Crippen molar-refractivity contribution in [2.45, 2.75) is 41.5 Å². The molecule has 0 heterocycles. The van der Waals surface area contributed by atoms with Crippen LogP contribution in [0.5, 0.6) is 0 Å². The first kappa shape index (κ1) is 29.5. The molecule has 138 valence electrons. The highest BCUT2D eigenvalue weighted by atomic mass is 13.6. The van der Waals surface area contributed by atoms with Crippen LogP contribution in [0.3, 0.4) is 0 Å². The van der Waals surface area contributed by atoms with Gasteiger partial charge in [-0.2, -0.15) is 0 Å². The molecule has 0 aromatic rings.